The highest BCUT2D eigenvalue weighted by Gasteiger charge is 2.14. The van der Waals surface area contributed by atoms with E-state index in [4.69, 9.17) is 5.73 Å². The van der Waals surface area contributed by atoms with Gasteiger partial charge in [0.1, 0.15) is 0 Å². The molecule has 0 aromatic carbocycles. The molecule has 0 saturated heterocycles. The summed E-state index contributed by atoms with van der Waals surface area (Å²) >= 11 is 1.72. The molecule has 2 aromatic rings. The van der Waals surface area contributed by atoms with Gasteiger partial charge in [0.05, 0.1) is 5.69 Å². The smallest absolute Gasteiger partial charge is 0.0624 e. The van der Waals surface area contributed by atoms with Crippen molar-refractivity contribution in [1.82, 2.24) is 9.78 Å². The standard InChI is InChI=1S/C14H21N3S/c1-4-11-6-12(17(5-2)16-11)7-14(15)13-9-18-8-10(13)3/h6,8-9,14H,4-5,7,15H2,1-3H3. The monoisotopic (exact) mass is 263 g/mol. The molecular formula is C14H21N3S. The summed E-state index contributed by atoms with van der Waals surface area (Å²) in [4.78, 5) is 0. The zero-order valence-electron chi connectivity index (χ0n) is 11.3. The summed E-state index contributed by atoms with van der Waals surface area (Å²) in [6, 6.07) is 2.26. The van der Waals surface area contributed by atoms with Gasteiger partial charge in [0.15, 0.2) is 0 Å². The lowest BCUT2D eigenvalue weighted by Gasteiger charge is -2.12. The molecule has 0 saturated carbocycles. The Morgan fingerprint density at radius 1 is 1.39 bits per heavy atom. The van der Waals surface area contributed by atoms with Gasteiger partial charge in [0, 0.05) is 24.7 Å². The summed E-state index contributed by atoms with van der Waals surface area (Å²) in [7, 11) is 0. The van der Waals surface area contributed by atoms with Crippen molar-refractivity contribution in [3.63, 3.8) is 0 Å². The second-order valence-electron chi connectivity index (χ2n) is 4.62. The number of thiophene rings is 1. The van der Waals surface area contributed by atoms with Crippen LogP contribution in [0.15, 0.2) is 16.8 Å². The Bertz CT molecular complexity index is 513. The van der Waals surface area contributed by atoms with Crippen LogP contribution in [-0.4, -0.2) is 9.78 Å². The van der Waals surface area contributed by atoms with Crippen LogP contribution >= 0.6 is 11.3 Å². The lowest BCUT2D eigenvalue weighted by molar-refractivity contribution is 0.585. The van der Waals surface area contributed by atoms with E-state index in [0.717, 1.165) is 25.1 Å². The molecule has 98 valence electrons. The summed E-state index contributed by atoms with van der Waals surface area (Å²) in [5, 5.41) is 8.88. The molecule has 4 heteroatoms. The summed E-state index contributed by atoms with van der Waals surface area (Å²) in [5.74, 6) is 0. The molecule has 0 bridgehead atoms. The maximum absolute atomic E-state index is 6.31. The van der Waals surface area contributed by atoms with Gasteiger partial charge in [-0.05, 0) is 48.2 Å². The van der Waals surface area contributed by atoms with E-state index in [0.29, 0.717) is 0 Å². The number of nitrogens with two attached hydrogens (primary N) is 1. The van der Waals surface area contributed by atoms with Crippen LogP contribution in [0.3, 0.4) is 0 Å². The number of nitrogens with zero attached hydrogens (tertiary/aromatic N) is 2. The predicted molar refractivity (Wildman–Crippen MR) is 77.0 cm³/mol. The molecule has 0 spiro atoms. The first-order valence-electron chi connectivity index (χ1n) is 6.49. The van der Waals surface area contributed by atoms with Gasteiger partial charge in [0.25, 0.3) is 0 Å². The van der Waals surface area contributed by atoms with Crippen molar-refractivity contribution in [3.05, 3.63) is 39.3 Å². The van der Waals surface area contributed by atoms with Gasteiger partial charge in [-0.3, -0.25) is 4.68 Å². The number of rotatable bonds is 5. The van der Waals surface area contributed by atoms with Gasteiger partial charge in [-0.15, -0.1) is 0 Å². The third-order valence-corrected chi connectivity index (χ3v) is 4.18. The molecule has 2 heterocycles. The Kier molecular flexibility index (Phi) is 4.19. The molecule has 0 radical (unpaired) electrons. The lowest BCUT2D eigenvalue weighted by Crippen LogP contribution is -2.16. The quantitative estimate of drug-likeness (QED) is 0.901. The van der Waals surface area contributed by atoms with Crippen LogP contribution in [0, 0.1) is 6.92 Å². The average molecular weight is 263 g/mol. The highest BCUT2D eigenvalue weighted by Crippen LogP contribution is 2.23. The fraction of sp³-hybridized carbons (Fsp3) is 0.500. The van der Waals surface area contributed by atoms with E-state index in [-0.39, 0.29) is 6.04 Å². The van der Waals surface area contributed by atoms with Crippen LogP contribution in [0.1, 0.15) is 42.4 Å². The zero-order chi connectivity index (χ0) is 13.1. The molecule has 0 aliphatic rings. The van der Waals surface area contributed by atoms with Gasteiger partial charge < -0.3 is 5.73 Å². The first kappa shape index (κ1) is 13.3. The third-order valence-electron chi connectivity index (χ3n) is 3.30. The number of aromatic nitrogens is 2. The van der Waals surface area contributed by atoms with E-state index in [9.17, 15) is 0 Å². The van der Waals surface area contributed by atoms with Gasteiger partial charge in [-0.1, -0.05) is 6.92 Å². The molecule has 18 heavy (non-hydrogen) atoms. The third kappa shape index (κ3) is 2.65. The summed E-state index contributed by atoms with van der Waals surface area (Å²) < 4.78 is 2.07. The van der Waals surface area contributed by atoms with Gasteiger partial charge >= 0.3 is 0 Å². The van der Waals surface area contributed by atoms with Crippen molar-refractivity contribution >= 4 is 11.3 Å². The van der Waals surface area contributed by atoms with Gasteiger partial charge in [-0.2, -0.15) is 16.4 Å². The van der Waals surface area contributed by atoms with Crippen LogP contribution in [0.5, 0.6) is 0 Å². The van der Waals surface area contributed by atoms with E-state index in [2.05, 4.69) is 47.4 Å². The predicted octanol–water partition coefficient (Wildman–Crippen LogP) is 3.08. The van der Waals surface area contributed by atoms with Crippen molar-refractivity contribution in [2.45, 2.75) is 46.2 Å². The summed E-state index contributed by atoms with van der Waals surface area (Å²) in [5.41, 5.74) is 11.3. The van der Waals surface area contributed by atoms with E-state index >= 15 is 0 Å². The molecular weight excluding hydrogens is 242 g/mol. The molecule has 2 rings (SSSR count). The van der Waals surface area contributed by atoms with Crippen LogP contribution in [0.25, 0.3) is 0 Å². The number of hydrogen-bond donors (Lipinski definition) is 1. The Morgan fingerprint density at radius 3 is 2.72 bits per heavy atom. The maximum atomic E-state index is 6.31. The van der Waals surface area contributed by atoms with Crippen molar-refractivity contribution in [2.24, 2.45) is 5.73 Å². The normalized spacial score (nSPS) is 12.9. The number of aryl methyl sites for hydroxylation is 3. The minimum Gasteiger partial charge on any atom is -0.324 e. The average Bonchev–Trinajstić information content (AvgIpc) is 2.95. The van der Waals surface area contributed by atoms with Crippen LogP contribution in [0.2, 0.25) is 0 Å². The molecule has 3 nitrogen and oxygen atoms in total. The first-order valence-corrected chi connectivity index (χ1v) is 7.43. The second-order valence-corrected chi connectivity index (χ2v) is 5.36. The largest absolute Gasteiger partial charge is 0.324 e. The topological polar surface area (TPSA) is 43.8 Å². The first-order chi connectivity index (χ1) is 8.65. The highest BCUT2D eigenvalue weighted by molar-refractivity contribution is 7.08. The SMILES string of the molecule is CCc1cc(CC(N)c2cscc2C)n(CC)n1. The van der Waals surface area contributed by atoms with Crippen molar-refractivity contribution in [3.8, 4) is 0 Å². The Labute approximate surface area is 113 Å². The van der Waals surface area contributed by atoms with Crippen molar-refractivity contribution < 1.29 is 0 Å². The van der Waals surface area contributed by atoms with Crippen molar-refractivity contribution in [2.75, 3.05) is 0 Å². The molecule has 0 aliphatic carbocycles. The number of hydrogen-bond acceptors (Lipinski definition) is 3. The van der Waals surface area contributed by atoms with Crippen LogP contribution in [0.4, 0.5) is 0 Å². The van der Waals surface area contributed by atoms with E-state index < -0.39 is 0 Å². The maximum Gasteiger partial charge on any atom is 0.0624 e. The molecule has 1 atom stereocenters. The Balaban J connectivity index is 2.18. The second kappa shape index (κ2) is 5.67. The van der Waals surface area contributed by atoms with Crippen molar-refractivity contribution in [1.29, 1.82) is 0 Å². The summed E-state index contributed by atoms with van der Waals surface area (Å²) in [6.07, 6.45) is 1.84. The molecule has 0 fully saturated rings. The fourth-order valence-corrected chi connectivity index (χ4v) is 3.13. The van der Waals surface area contributed by atoms with E-state index in [1.54, 1.807) is 11.3 Å². The molecule has 0 aliphatic heterocycles. The Morgan fingerprint density at radius 2 is 2.17 bits per heavy atom. The lowest BCUT2D eigenvalue weighted by atomic mass is 10.0. The van der Waals surface area contributed by atoms with E-state index in [1.165, 1.54) is 16.8 Å². The van der Waals surface area contributed by atoms with Crippen LogP contribution in [-0.2, 0) is 19.4 Å². The highest BCUT2D eigenvalue weighted by atomic mass is 32.1. The van der Waals surface area contributed by atoms with Gasteiger partial charge in [-0.25, -0.2) is 0 Å². The van der Waals surface area contributed by atoms with Crippen LogP contribution < -0.4 is 5.73 Å². The minimum absolute atomic E-state index is 0.0722. The molecule has 2 N–H and O–H groups in total. The molecule has 0 amide bonds. The molecule has 1 unspecified atom stereocenters. The van der Waals surface area contributed by atoms with Gasteiger partial charge in [0.2, 0.25) is 0 Å². The minimum atomic E-state index is 0.0722. The van der Waals surface area contributed by atoms with E-state index in [1.807, 2.05) is 0 Å². The molecule has 2 aromatic heterocycles. The Hall–Kier alpha value is -1.13. The fourth-order valence-electron chi connectivity index (χ4n) is 2.21. The summed E-state index contributed by atoms with van der Waals surface area (Å²) in [6.45, 7) is 7.29. The zero-order valence-corrected chi connectivity index (χ0v) is 12.1.